The number of nitrogens with one attached hydrogen (secondary N) is 1. The Bertz CT molecular complexity index is 1350. The molecule has 4 rings (SSSR count). The van der Waals surface area contributed by atoms with Crippen LogP contribution in [0.25, 0.3) is 27.7 Å². The molecule has 5 heteroatoms. The highest BCUT2D eigenvalue weighted by Gasteiger charge is 2.20. The molecule has 5 nitrogen and oxygen atoms in total. The zero-order valence-corrected chi connectivity index (χ0v) is 19.5. The first kappa shape index (κ1) is 22.2. The molecule has 4 aromatic rings. The molecule has 0 saturated heterocycles. The van der Waals surface area contributed by atoms with Gasteiger partial charge >= 0.3 is 0 Å². The van der Waals surface area contributed by atoms with Gasteiger partial charge in [-0.15, -0.1) is 0 Å². The Morgan fingerprint density at radius 1 is 0.970 bits per heavy atom. The lowest BCUT2D eigenvalue weighted by molar-refractivity contribution is -0.111. The highest BCUT2D eigenvalue weighted by molar-refractivity contribution is 6.06. The fourth-order valence-electron chi connectivity index (χ4n) is 4.04. The lowest BCUT2D eigenvalue weighted by Gasteiger charge is -2.14. The number of hydrogen-bond acceptors (Lipinski definition) is 4. The monoisotopic (exact) mass is 441 g/mol. The number of carbonyl (C=O) groups excluding carboxylic acids is 1. The van der Waals surface area contributed by atoms with Crippen molar-refractivity contribution in [2.75, 3.05) is 19.5 Å². The van der Waals surface area contributed by atoms with Crippen molar-refractivity contribution in [1.29, 1.82) is 0 Å². The van der Waals surface area contributed by atoms with Gasteiger partial charge in [-0.25, -0.2) is 0 Å². The van der Waals surface area contributed by atoms with Crippen LogP contribution < -0.4 is 14.8 Å². The summed E-state index contributed by atoms with van der Waals surface area (Å²) in [5.74, 6) is 1.24. The summed E-state index contributed by atoms with van der Waals surface area (Å²) >= 11 is 0. The maximum atomic E-state index is 12.7. The number of hydrogen-bond donors (Lipinski definition) is 1. The minimum atomic E-state index is -0.201. The largest absolute Gasteiger partial charge is 0.496 e. The minimum Gasteiger partial charge on any atom is -0.496 e. The molecule has 0 bridgehead atoms. The number of carbonyl (C=O) groups is 1. The van der Waals surface area contributed by atoms with E-state index in [-0.39, 0.29) is 5.91 Å². The first-order chi connectivity index (χ1) is 15.9. The predicted molar refractivity (Wildman–Crippen MR) is 133 cm³/mol. The van der Waals surface area contributed by atoms with E-state index in [1.54, 1.807) is 26.6 Å². The van der Waals surface area contributed by atoms with E-state index in [4.69, 9.17) is 13.9 Å². The van der Waals surface area contributed by atoms with Gasteiger partial charge in [0.15, 0.2) is 0 Å². The molecule has 0 aliphatic carbocycles. The average Bonchev–Trinajstić information content (AvgIpc) is 3.24. The van der Waals surface area contributed by atoms with Crippen LogP contribution in [0.1, 0.15) is 23.6 Å². The Kier molecular flexibility index (Phi) is 6.22. The second-order valence-electron chi connectivity index (χ2n) is 7.99. The van der Waals surface area contributed by atoms with E-state index in [1.165, 1.54) is 0 Å². The molecule has 1 N–H and O–H groups in total. The fourth-order valence-corrected chi connectivity index (χ4v) is 4.04. The Balaban J connectivity index is 1.78. The Hall–Kier alpha value is -3.99. The van der Waals surface area contributed by atoms with Crippen LogP contribution in [0.5, 0.6) is 11.5 Å². The quantitative estimate of drug-likeness (QED) is 0.335. The van der Waals surface area contributed by atoms with Crippen molar-refractivity contribution in [3.63, 3.8) is 0 Å². The van der Waals surface area contributed by atoms with Crippen LogP contribution in [-0.4, -0.2) is 20.1 Å². The number of methoxy groups -OCH3 is 2. The second kappa shape index (κ2) is 9.25. The molecule has 168 valence electrons. The molecule has 3 aromatic carbocycles. The van der Waals surface area contributed by atoms with Gasteiger partial charge in [0, 0.05) is 39.4 Å². The maximum absolute atomic E-state index is 12.7. The molecule has 0 fully saturated rings. The van der Waals surface area contributed by atoms with Gasteiger partial charge in [-0.1, -0.05) is 35.9 Å². The predicted octanol–water partition coefficient (Wildman–Crippen LogP) is 6.78. The van der Waals surface area contributed by atoms with Gasteiger partial charge in [0.05, 0.1) is 20.5 Å². The molecule has 0 atom stereocenters. The lowest BCUT2D eigenvalue weighted by Crippen LogP contribution is -2.08. The number of amides is 1. The highest BCUT2D eigenvalue weighted by Crippen LogP contribution is 2.42. The fraction of sp³-hybridized carbons (Fsp3) is 0.179. The van der Waals surface area contributed by atoms with Gasteiger partial charge in [-0.2, -0.15) is 0 Å². The molecule has 1 amide bonds. The Labute approximate surface area is 193 Å². The van der Waals surface area contributed by atoms with E-state index in [0.717, 1.165) is 55.8 Å². The summed E-state index contributed by atoms with van der Waals surface area (Å²) < 4.78 is 17.2. The summed E-state index contributed by atoms with van der Waals surface area (Å²) in [5, 5.41) is 3.85. The third-order valence-corrected chi connectivity index (χ3v) is 5.74. The minimum absolute atomic E-state index is 0.201. The summed E-state index contributed by atoms with van der Waals surface area (Å²) in [6.45, 7) is 5.87. The highest BCUT2D eigenvalue weighted by atomic mass is 16.5. The number of anilines is 1. The number of rotatable bonds is 6. The first-order valence-electron chi connectivity index (χ1n) is 10.7. The van der Waals surface area contributed by atoms with Crippen LogP contribution in [0.3, 0.4) is 0 Å². The van der Waals surface area contributed by atoms with E-state index in [9.17, 15) is 4.79 Å². The zero-order valence-electron chi connectivity index (χ0n) is 19.5. The number of para-hydroxylation sites is 1. The van der Waals surface area contributed by atoms with Gasteiger partial charge in [-0.05, 0) is 50.6 Å². The summed E-state index contributed by atoms with van der Waals surface area (Å²) in [6.07, 6.45) is 3.33. The van der Waals surface area contributed by atoms with Crippen LogP contribution in [0, 0.1) is 13.8 Å². The molecule has 0 aliphatic rings. The summed E-state index contributed by atoms with van der Waals surface area (Å²) in [4.78, 5) is 12.7. The average molecular weight is 442 g/mol. The van der Waals surface area contributed by atoms with Gasteiger partial charge in [0.25, 0.3) is 0 Å². The molecule has 0 radical (unpaired) electrons. The Morgan fingerprint density at radius 3 is 2.39 bits per heavy atom. The summed E-state index contributed by atoms with van der Waals surface area (Å²) in [5.41, 5.74) is 6.99. The van der Waals surface area contributed by atoms with E-state index in [2.05, 4.69) is 5.32 Å². The number of benzene rings is 3. The molecular formula is C28H27NO4. The van der Waals surface area contributed by atoms with Crippen molar-refractivity contribution in [3.05, 3.63) is 83.6 Å². The van der Waals surface area contributed by atoms with Crippen molar-refractivity contribution in [2.24, 2.45) is 0 Å². The molecule has 1 aromatic heterocycles. The maximum Gasteiger partial charge on any atom is 0.248 e. The third kappa shape index (κ3) is 4.35. The first-order valence-corrected chi connectivity index (χ1v) is 10.7. The normalized spacial score (nSPS) is 11.5. The molecule has 1 heterocycles. The van der Waals surface area contributed by atoms with Crippen molar-refractivity contribution >= 4 is 28.1 Å². The summed E-state index contributed by atoms with van der Waals surface area (Å²) in [6, 6.07) is 17.5. The van der Waals surface area contributed by atoms with Crippen molar-refractivity contribution in [3.8, 4) is 22.6 Å². The van der Waals surface area contributed by atoms with E-state index in [0.29, 0.717) is 5.75 Å². The van der Waals surface area contributed by atoms with Gasteiger partial charge in [0.2, 0.25) is 5.91 Å². The zero-order chi connectivity index (χ0) is 23.5. The molecular weight excluding hydrogens is 414 g/mol. The Morgan fingerprint density at radius 2 is 1.70 bits per heavy atom. The molecule has 0 spiro atoms. The van der Waals surface area contributed by atoms with Crippen LogP contribution in [0.15, 0.2) is 71.4 Å². The van der Waals surface area contributed by atoms with Gasteiger partial charge < -0.3 is 19.2 Å². The van der Waals surface area contributed by atoms with Gasteiger partial charge in [0.1, 0.15) is 17.1 Å². The van der Waals surface area contributed by atoms with Crippen LogP contribution in [-0.2, 0) is 4.79 Å². The van der Waals surface area contributed by atoms with Crippen molar-refractivity contribution < 1.29 is 18.7 Å². The molecule has 0 aliphatic heterocycles. The smallest absolute Gasteiger partial charge is 0.248 e. The van der Waals surface area contributed by atoms with E-state index < -0.39 is 0 Å². The van der Waals surface area contributed by atoms with Crippen LogP contribution in [0.4, 0.5) is 5.69 Å². The standard InChI is InChI=1S/C28H27NO4/c1-17-10-12-20(13-11-17)29-26(30)14-18(2)22-15-23-24(21-8-6-7-9-25(21)31-4)16-33-28(23)19(3)27(22)32-5/h6-16H,1-5H3,(H,29,30)/b18-14+. The van der Waals surface area contributed by atoms with E-state index >= 15 is 0 Å². The van der Waals surface area contributed by atoms with Crippen molar-refractivity contribution in [2.45, 2.75) is 20.8 Å². The number of ether oxygens (including phenoxy) is 2. The number of allylic oxidation sites excluding steroid dienone is 1. The lowest BCUT2D eigenvalue weighted by atomic mass is 9.96. The number of fused-ring (bicyclic) bond motifs is 1. The third-order valence-electron chi connectivity index (χ3n) is 5.74. The molecule has 0 saturated carbocycles. The second-order valence-corrected chi connectivity index (χ2v) is 7.99. The van der Waals surface area contributed by atoms with Crippen LogP contribution >= 0.6 is 0 Å². The van der Waals surface area contributed by atoms with Crippen LogP contribution in [0.2, 0.25) is 0 Å². The van der Waals surface area contributed by atoms with E-state index in [1.807, 2.05) is 75.4 Å². The van der Waals surface area contributed by atoms with Gasteiger partial charge in [-0.3, -0.25) is 4.79 Å². The molecule has 33 heavy (non-hydrogen) atoms. The summed E-state index contributed by atoms with van der Waals surface area (Å²) in [7, 11) is 3.28. The topological polar surface area (TPSA) is 60.7 Å². The molecule has 0 unspecified atom stereocenters. The van der Waals surface area contributed by atoms with Crippen molar-refractivity contribution in [1.82, 2.24) is 0 Å². The number of aryl methyl sites for hydroxylation is 2. The SMILES string of the molecule is COc1ccccc1-c1coc2c(C)c(OC)c(/C(C)=C/C(=O)Nc3ccc(C)cc3)cc12. The number of furan rings is 1.